The molecule has 1 heterocycles. The van der Waals surface area contributed by atoms with Gasteiger partial charge in [0.25, 0.3) is 5.91 Å². The number of carbonyl (C=O) groups excluding carboxylic acids is 3. The van der Waals surface area contributed by atoms with Crippen molar-refractivity contribution in [1.82, 2.24) is 15.1 Å². The summed E-state index contributed by atoms with van der Waals surface area (Å²) in [5, 5.41) is 3.00. The first-order valence-electron chi connectivity index (χ1n) is 14.8. The minimum Gasteiger partial charge on any atom is -0.356 e. The second-order valence-corrected chi connectivity index (χ2v) is 11.8. The summed E-state index contributed by atoms with van der Waals surface area (Å²) in [5.74, 6) is -0.833. The van der Waals surface area contributed by atoms with E-state index in [0.29, 0.717) is 43.9 Å². The number of allylic oxidation sites excluding steroid dienone is 1. The van der Waals surface area contributed by atoms with Gasteiger partial charge in [0.1, 0.15) is 0 Å². The molecule has 1 aliphatic rings. The lowest BCUT2D eigenvalue weighted by atomic mass is 9.86. The van der Waals surface area contributed by atoms with Gasteiger partial charge < -0.3 is 15.1 Å². The van der Waals surface area contributed by atoms with E-state index in [0.717, 1.165) is 24.8 Å². The first-order valence-corrected chi connectivity index (χ1v) is 14.8. The number of hydrogen-bond acceptors (Lipinski definition) is 3. The molecule has 0 aromatic heterocycles. The van der Waals surface area contributed by atoms with E-state index in [1.54, 1.807) is 9.80 Å². The summed E-state index contributed by atoms with van der Waals surface area (Å²) in [4.78, 5) is 43.5. The largest absolute Gasteiger partial charge is 0.356 e. The molecule has 0 saturated heterocycles. The van der Waals surface area contributed by atoms with Gasteiger partial charge in [-0.2, -0.15) is 0 Å². The first kappa shape index (κ1) is 31.1. The lowest BCUT2D eigenvalue weighted by molar-refractivity contribution is -0.139. The molecule has 0 spiro atoms. The van der Waals surface area contributed by atoms with E-state index in [1.807, 2.05) is 39.0 Å². The van der Waals surface area contributed by atoms with Gasteiger partial charge in [-0.1, -0.05) is 75.4 Å². The van der Waals surface area contributed by atoms with Crippen LogP contribution < -0.4 is 5.32 Å². The topological polar surface area (TPSA) is 69.7 Å². The quantitative estimate of drug-likeness (QED) is 0.333. The average molecular weight is 546 g/mol. The Morgan fingerprint density at radius 1 is 0.950 bits per heavy atom. The molecule has 1 atom stereocenters. The van der Waals surface area contributed by atoms with Crippen molar-refractivity contribution in [3.63, 3.8) is 0 Å². The van der Waals surface area contributed by atoms with Gasteiger partial charge in [0.05, 0.1) is 12.5 Å². The highest BCUT2D eigenvalue weighted by Crippen LogP contribution is 2.32. The Kier molecular flexibility index (Phi) is 11.1. The maximum absolute atomic E-state index is 13.7. The van der Waals surface area contributed by atoms with E-state index >= 15 is 0 Å². The fraction of sp³-hybridized carbons (Fsp3) is 0.500. The molecule has 1 N–H and O–H groups in total. The fourth-order valence-corrected chi connectivity index (χ4v) is 5.25. The molecule has 6 heteroatoms. The van der Waals surface area contributed by atoms with Crippen LogP contribution in [0.3, 0.4) is 0 Å². The fourth-order valence-electron chi connectivity index (χ4n) is 5.25. The van der Waals surface area contributed by atoms with Crippen molar-refractivity contribution in [2.45, 2.75) is 85.6 Å². The molecule has 40 heavy (non-hydrogen) atoms. The van der Waals surface area contributed by atoms with Gasteiger partial charge in [-0.05, 0) is 68.6 Å². The van der Waals surface area contributed by atoms with Crippen LogP contribution in [-0.4, -0.2) is 47.2 Å². The third-order valence-electron chi connectivity index (χ3n) is 7.87. The van der Waals surface area contributed by atoms with Crippen molar-refractivity contribution in [3.05, 3.63) is 82.6 Å². The van der Waals surface area contributed by atoms with Gasteiger partial charge in [-0.15, -0.1) is 0 Å². The molecule has 1 aliphatic heterocycles. The van der Waals surface area contributed by atoms with Crippen molar-refractivity contribution in [1.29, 1.82) is 0 Å². The molecular weight excluding hydrogens is 498 g/mol. The van der Waals surface area contributed by atoms with E-state index in [4.69, 9.17) is 0 Å². The number of likely N-dealkylation sites (N-methyl/N-ethyl adjacent to an activating group) is 1. The van der Waals surface area contributed by atoms with Crippen LogP contribution in [0.4, 0.5) is 0 Å². The highest BCUT2D eigenvalue weighted by atomic mass is 16.2. The summed E-state index contributed by atoms with van der Waals surface area (Å²) in [5.41, 5.74) is 4.89. The monoisotopic (exact) mass is 545 g/mol. The van der Waals surface area contributed by atoms with E-state index in [9.17, 15) is 14.4 Å². The second-order valence-electron chi connectivity index (χ2n) is 11.8. The number of nitrogens with one attached hydrogen (secondary N) is 1. The van der Waals surface area contributed by atoms with Crippen LogP contribution >= 0.6 is 0 Å². The molecule has 6 nitrogen and oxygen atoms in total. The van der Waals surface area contributed by atoms with Gasteiger partial charge in [0.2, 0.25) is 11.8 Å². The second kappa shape index (κ2) is 14.3. The Morgan fingerprint density at radius 3 is 2.20 bits per heavy atom. The van der Waals surface area contributed by atoms with E-state index < -0.39 is 5.92 Å². The van der Waals surface area contributed by atoms with Gasteiger partial charge in [0.15, 0.2) is 0 Å². The zero-order valence-corrected chi connectivity index (χ0v) is 25.3. The smallest absolute Gasteiger partial charge is 0.251 e. The Bertz CT molecular complexity index is 1180. The predicted molar refractivity (Wildman–Crippen MR) is 161 cm³/mol. The SMILES string of the molecule is CCN(CC)C(=O)C1=C(C)N(Cc2ccc(C(C)(C)C)cc2)C(=O)C(CC(=O)NCCCCc2ccccc2)C1. The van der Waals surface area contributed by atoms with E-state index in [2.05, 4.69) is 62.5 Å². The molecule has 216 valence electrons. The Hall–Kier alpha value is -3.41. The van der Waals surface area contributed by atoms with Crippen molar-refractivity contribution in [3.8, 4) is 0 Å². The highest BCUT2D eigenvalue weighted by molar-refractivity contribution is 5.98. The number of benzene rings is 2. The molecule has 2 aromatic carbocycles. The van der Waals surface area contributed by atoms with E-state index in [1.165, 1.54) is 11.1 Å². The molecule has 2 aromatic rings. The van der Waals surface area contributed by atoms with Crippen LogP contribution in [0, 0.1) is 5.92 Å². The Balaban J connectivity index is 1.70. The average Bonchev–Trinajstić information content (AvgIpc) is 2.93. The van der Waals surface area contributed by atoms with Crippen molar-refractivity contribution >= 4 is 17.7 Å². The number of carbonyl (C=O) groups is 3. The number of hydrogen-bond donors (Lipinski definition) is 1. The number of unbranched alkanes of at least 4 members (excludes halogenated alkanes) is 1. The molecule has 0 radical (unpaired) electrons. The summed E-state index contributed by atoms with van der Waals surface area (Å²) in [6, 6.07) is 18.6. The highest BCUT2D eigenvalue weighted by Gasteiger charge is 2.37. The molecule has 1 unspecified atom stereocenters. The number of amides is 3. The molecule has 3 rings (SSSR count). The zero-order chi connectivity index (χ0) is 29.3. The minimum absolute atomic E-state index is 0.0403. The molecule has 0 saturated carbocycles. The van der Waals surface area contributed by atoms with Crippen LogP contribution in [0.1, 0.15) is 83.9 Å². The van der Waals surface area contributed by atoms with Crippen molar-refractivity contribution < 1.29 is 14.4 Å². The lowest BCUT2D eigenvalue weighted by Crippen LogP contribution is -2.44. The normalized spacial score (nSPS) is 15.8. The van der Waals surface area contributed by atoms with Crippen molar-refractivity contribution in [2.24, 2.45) is 5.92 Å². The zero-order valence-electron chi connectivity index (χ0n) is 25.3. The van der Waals surface area contributed by atoms with Gasteiger partial charge >= 0.3 is 0 Å². The molecule has 0 bridgehead atoms. The van der Waals surface area contributed by atoms with E-state index in [-0.39, 0.29) is 29.6 Å². The number of nitrogens with zero attached hydrogens (tertiary/aromatic N) is 2. The molecular formula is C34H47N3O3. The Labute approximate surface area is 240 Å². The Morgan fingerprint density at radius 2 is 1.60 bits per heavy atom. The lowest BCUT2D eigenvalue weighted by Gasteiger charge is -2.36. The first-order chi connectivity index (χ1) is 19.0. The molecule has 0 aliphatic carbocycles. The molecule has 0 fully saturated rings. The standard InChI is InChI=1S/C34H47N3O3/c1-7-36(8-2)33(40)30-22-28(23-31(38)35-21-13-12-16-26-14-10-9-11-15-26)32(39)37(25(30)3)24-27-17-19-29(20-18-27)34(4,5)6/h9-11,14-15,17-20,28H,7-8,12-13,16,21-24H2,1-6H3,(H,35,38). The third-order valence-corrected chi connectivity index (χ3v) is 7.87. The van der Waals surface area contributed by atoms with Gasteiger partial charge in [-0.3, -0.25) is 14.4 Å². The number of rotatable bonds is 12. The maximum atomic E-state index is 13.7. The predicted octanol–water partition coefficient (Wildman–Crippen LogP) is 6.00. The summed E-state index contributed by atoms with van der Waals surface area (Å²) in [6.07, 6.45) is 3.21. The van der Waals surface area contributed by atoms with Gasteiger partial charge in [-0.25, -0.2) is 0 Å². The van der Waals surface area contributed by atoms with Gasteiger partial charge in [0, 0.05) is 37.3 Å². The van der Waals surface area contributed by atoms with Crippen LogP contribution in [0.15, 0.2) is 65.9 Å². The number of aryl methyl sites for hydroxylation is 1. The van der Waals surface area contributed by atoms with Crippen LogP contribution in [0.5, 0.6) is 0 Å². The summed E-state index contributed by atoms with van der Waals surface area (Å²) in [7, 11) is 0. The minimum atomic E-state index is -0.559. The summed E-state index contributed by atoms with van der Waals surface area (Å²) in [6.45, 7) is 14.5. The van der Waals surface area contributed by atoms with Crippen LogP contribution in [0.2, 0.25) is 0 Å². The summed E-state index contributed by atoms with van der Waals surface area (Å²) < 4.78 is 0. The van der Waals surface area contributed by atoms with Crippen molar-refractivity contribution in [2.75, 3.05) is 19.6 Å². The third kappa shape index (κ3) is 8.30. The molecule has 3 amide bonds. The van der Waals surface area contributed by atoms with Crippen LogP contribution in [0.25, 0.3) is 0 Å². The van der Waals surface area contributed by atoms with Crippen LogP contribution in [-0.2, 0) is 32.8 Å². The summed E-state index contributed by atoms with van der Waals surface area (Å²) >= 11 is 0. The maximum Gasteiger partial charge on any atom is 0.251 e.